The Morgan fingerprint density at radius 3 is 2.05 bits per heavy atom. The van der Waals surface area contributed by atoms with E-state index < -0.39 is 11.6 Å². The van der Waals surface area contributed by atoms with Crippen molar-refractivity contribution < 1.29 is 8.78 Å². The largest absolute Gasteiger partial charge is 0.312 e. The SMILES string of the molecule is CCNC(Cc1c(F)cccc1F)C(C)(C)N(CC)CC. The van der Waals surface area contributed by atoms with E-state index in [0.717, 1.165) is 19.6 Å². The zero-order valence-electron chi connectivity index (χ0n) is 13.8. The first kappa shape index (κ1) is 18.1. The van der Waals surface area contributed by atoms with E-state index in [9.17, 15) is 8.78 Å². The molecule has 2 nitrogen and oxygen atoms in total. The van der Waals surface area contributed by atoms with Crippen LogP contribution in [0, 0.1) is 11.6 Å². The molecule has 0 heterocycles. The molecule has 1 unspecified atom stereocenters. The summed E-state index contributed by atoms with van der Waals surface area (Å²) in [7, 11) is 0. The van der Waals surface area contributed by atoms with Crippen molar-refractivity contribution >= 4 is 0 Å². The summed E-state index contributed by atoms with van der Waals surface area (Å²) in [5.41, 5.74) is -0.0162. The number of likely N-dealkylation sites (N-methyl/N-ethyl adjacent to an activating group) is 2. The van der Waals surface area contributed by atoms with Crippen molar-refractivity contribution in [1.82, 2.24) is 10.2 Å². The van der Waals surface area contributed by atoms with Crippen molar-refractivity contribution in [2.24, 2.45) is 0 Å². The van der Waals surface area contributed by atoms with Gasteiger partial charge in [0.1, 0.15) is 11.6 Å². The standard InChI is InChI=1S/C17H28F2N2/c1-6-20-16(17(4,5)21(7-2)8-3)12-13-14(18)10-9-11-15(13)19/h9-11,16,20H,6-8,12H2,1-5H3. The van der Waals surface area contributed by atoms with Gasteiger partial charge >= 0.3 is 0 Å². The molecule has 1 rings (SSSR count). The first-order valence-corrected chi connectivity index (χ1v) is 7.79. The number of nitrogens with one attached hydrogen (secondary N) is 1. The van der Waals surface area contributed by atoms with E-state index in [4.69, 9.17) is 0 Å². The second kappa shape index (κ2) is 7.85. The van der Waals surface area contributed by atoms with Gasteiger partial charge in [0.15, 0.2) is 0 Å². The Bertz CT molecular complexity index is 422. The highest BCUT2D eigenvalue weighted by Crippen LogP contribution is 2.24. The summed E-state index contributed by atoms with van der Waals surface area (Å²) in [6.45, 7) is 13.1. The smallest absolute Gasteiger partial charge is 0.129 e. The normalized spacial score (nSPS) is 13.7. The first-order chi connectivity index (χ1) is 9.88. The minimum atomic E-state index is -0.465. The fourth-order valence-electron chi connectivity index (χ4n) is 3.01. The van der Waals surface area contributed by atoms with Crippen molar-refractivity contribution in [3.05, 3.63) is 35.4 Å². The average molecular weight is 298 g/mol. The molecule has 21 heavy (non-hydrogen) atoms. The van der Waals surface area contributed by atoms with E-state index in [1.807, 2.05) is 6.92 Å². The Morgan fingerprint density at radius 1 is 1.10 bits per heavy atom. The quantitative estimate of drug-likeness (QED) is 0.789. The van der Waals surface area contributed by atoms with E-state index in [-0.39, 0.29) is 17.1 Å². The molecule has 4 heteroatoms. The molecule has 1 atom stereocenters. The van der Waals surface area contributed by atoms with Crippen LogP contribution in [0.15, 0.2) is 18.2 Å². The Labute approximate surface area is 127 Å². The Morgan fingerprint density at radius 2 is 1.62 bits per heavy atom. The fraction of sp³-hybridized carbons (Fsp3) is 0.647. The maximum atomic E-state index is 13.9. The second-order valence-electron chi connectivity index (χ2n) is 5.84. The van der Waals surface area contributed by atoms with Crippen LogP contribution in [0.3, 0.4) is 0 Å². The molecular weight excluding hydrogens is 270 g/mol. The van der Waals surface area contributed by atoms with Gasteiger partial charge in [0.2, 0.25) is 0 Å². The molecule has 0 saturated carbocycles. The van der Waals surface area contributed by atoms with Crippen LogP contribution < -0.4 is 5.32 Å². The van der Waals surface area contributed by atoms with Crippen LogP contribution in [0.2, 0.25) is 0 Å². The zero-order valence-corrected chi connectivity index (χ0v) is 13.8. The van der Waals surface area contributed by atoms with Crippen molar-refractivity contribution in [3.8, 4) is 0 Å². The highest BCUT2D eigenvalue weighted by atomic mass is 19.1. The Hall–Kier alpha value is -1.00. The van der Waals surface area contributed by atoms with Gasteiger partial charge in [-0.2, -0.15) is 0 Å². The molecule has 0 aliphatic rings. The average Bonchev–Trinajstić information content (AvgIpc) is 2.42. The molecule has 1 N–H and O–H groups in total. The summed E-state index contributed by atoms with van der Waals surface area (Å²) < 4.78 is 27.8. The monoisotopic (exact) mass is 298 g/mol. The second-order valence-corrected chi connectivity index (χ2v) is 5.84. The third-order valence-electron chi connectivity index (χ3n) is 4.35. The number of benzene rings is 1. The predicted octanol–water partition coefficient (Wildman–Crippen LogP) is 3.61. The third-order valence-corrected chi connectivity index (χ3v) is 4.35. The first-order valence-electron chi connectivity index (χ1n) is 7.79. The molecular formula is C17H28F2N2. The van der Waals surface area contributed by atoms with Crippen LogP contribution in [0.1, 0.15) is 40.2 Å². The molecule has 120 valence electrons. The Balaban J connectivity index is 3.07. The van der Waals surface area contributed by atoms with Crippen LogP contribution in [0.25, 0.3) is 0 Å². The van der Waals surface area contributed by atoms with Gasteiger partial charge in [-0.15, -0.1) is 0 Å². The molecule has 0 spiro atoms. The lowest BCUT2D eigenvalue weighted by Gasteiger charge is -2.44. The fourth-order valence-corrected chi connectivity index (χ4v) is 3.01. The summed E-state index contributed by atoms with van der Waals surface area (Å²) in [5, 5.41) is 3.40. The van der Waals surface area contributed by atoms with Gasteiger partial charge < -0.3 is 5.32 Å². The van der Waals surface area contributed by atoms with E-state index in [2.05, 4.69) is 37.9 Å². The number of rotatable bonds is 8. The van der Waals surface area contributed by atoms with Gasteiger partial charge in [-0.25, -0.2) is 8.78 Å². The number of hydrogen-bond acceptors (Lipinski definition) is 2. The van der Waals surface area contributed by atoms with Crippen LogP contribution >= 0.6 is 0 Å². The van der Waals surface area contributed by atoms with Crippen LogP contribution in [0.4, 0.5) is 8.78 Å². The summed E-state index contributed by atoms with van der Waals surface area (Å²) in [4.78, 5) is 2.32. The van der Waals surface area contributed by atoms with Crippen LogP contribution in [-0.2, 0) is 6.42 Å². The predicted molar refractivity (Wildman–Crippen MR) is 84.5 cm³/mol. The van der Waals surface area contributed by atoms with Crippen molar-refractivity contribution in [2.45, 2.75) is 52.6 Å². The van der Waals surface area contributed by atoms with Crippen molar-refractivity contribution in [1.29, 1.82) is 0 Å². The summed E-state index contributed by atoms with van der Waals surface area (Å²) in [5.74, 6) is -0.929. The number of nitrogens with zero attached hydrogens (tertiary/aromatic N) is 1. The van der Waals surface area contributed by atoms with Crippen LogP contribution in [-0.4, -0.2) is 36.1 Å². The molecule has 0 radical (unpaired) electrons. The van der Waals surface area contributed by atoms with Gasteiger partial charge in [0.05, 0.1) is 0 Å². The molecule has 0 saturated heterocycles. The van der Waals surface area contributed by atoms with Gasteiger partial charge in [0.25, 0.3) is 0 Å². The highest BCUT2D eigenvalue weighted by Gasteiger charge is 2.34. The van der Waals surface area contributed by atoms with E-state index >= 15 is 0 Å². The minimum absolute atomic E-state index is 0.0196. The summed E-state index contributed by atoms with van der Waals surface area (Å²) in [6.07, 6.45) is 0.343. The molecule has 0 aromatic heterocycles. The van der Waals surface area contributed by atoms with Gasteiger partial charge in [0, 0.05) is 17.1 Å². The summed E-state index contributed by atoms with van der Waals surface area (Å²) in [6, 6.07) is 4.04. The molecule has 1 aromatic carbocycles. The lowest BCUT2D eigenvalue weighted by molar-refractivity contribution is 0.0911. The third kappa shape index (κ3) is 4.24. The molecule has 0 amide bonds. The van der Waals surface area contributed by atoms with Crippen molar-refractivity contribution in [2.75, 3.05) is 19.6 Å². The van der Waals surface area contributed by atoms with Gasteiger partial charge in [-0.1, -0.05) is 26.8 Å². The topological polar surface area (TPSA) is 15.3 Å². The summed E-state index contributed by atoms with van der Waals surface area (Å²) >= 11 is 0. The van der Waals surface area contributed by atoms with Crippen LogP contribution in [0.5, 0.6) is 0 Å². The molecule has 0 bridgehead atoms. The molecule has 1 aromatic rings. The van der Waals surface area contributed by atoms with E-state index in [1.165, 1.54) is 18.2 Å². The maximum absolute atomic E-state index is 13.9. The molecule has 0 aliphatic heterocycles. The van der Waals surface area contributed by atoms with Gasteiger partial charge in [-0.05, 0) is 52.0 Å². The highest BCUT2D eigenvalue weighted by molar-refractivity contribution is 5.22. The lowest BCUT2D eigenvalue weighted by Crippen LogP contribution is -2.58. The zero-order chi connectivity index (χ0) is 16.0. The van der Waals surface area contributed by atoms with Gasteiger partial charge in [-0.3, -0.25) is 4.90 Å². The van der Waals surface area contributed by atoms with Crippen molar-refractivity contribution in [3.63, 3.8) is 0 Å². The minimum Gasteiger partial charge on any atom is -0.312 e. The van der Waals surface area contributed by atoms with E-state index in [1.54, 1.807) is 0 Å². The Kier molecular flexibility index (Phi) is 6.75. The number of hydrogen-bond donors (Lipinski definition) is 1. The maximum Gasteiger partial charge on any atom is 0.129 e. The number of halogens is 2. The molecule has 0 aliphatic carbocycles. The lowest BCUT2D eigenvalue weighted by atomic mass is 9.87. The molecule has 0 fully saturated rings. The van der Waals surface area contributed by atoms with E-state index in [0.29, 0.717) is 6.42 Å².